The van der Waals surface area contributed by atoms with E-state index in [0.29, 0.717) is 16.5 Å². The number of halogens is 1. The Morgan fingerprint density at radius 1 is 1.21 bits per heavy atom. The fraction of sp³-hybridized carbons (Fsp3) is 0.350. The van der Waals surface area contributed by atoms with Crippen LogP contribution < -0.4 is 9.80 Å². The molecule has 0 aromatic heterocycles. The van der Waals surface area contributed by atoms with Crippen molar-refractivity contribution < 1.29 is 9.69 Å². The second kappa shape index (κ2) is 5.91. The molecule has 4 heteroatoms. The van der Waals surface area contributed by atoms with E-state index in [2.05, 4.69) is 32.2 Å². The Labute approximate surface area is 147 Å². The highest BCUT2D eigenvalue weighted by atomic mass is 35.5. The first-order chi connectivity index (χ1) is 11.5. The molecule has 0 bridgehead atoms. The first-order valence-electron chi connectivity index (χ1n) is 8.55. The molecule has 2 aliphatic rings. The molecule has 0 aliphatic carbocycles. The monoisotopic (exact) mass is 341 g/mol. The summed E-state index contributed by atoms with van der Waals surface area (Å²) in [5, 5.41) is 0.657. The van der Waals surface area contributed by atoms with E-state index < -0.39 is 0 Å². The number of piperidine rings is 1. The molecular weight excluding hydrogens is 320 g/mol. The summed E-state index contributed by atoms with van der Waals surface area (Å²) in [6.45, 7) is 4.32. The van der Waals surface area contributed by atoms with E-state index in [4.69, 9.17) is 11.6 Å². The Morgan fingerprint density at radius 2 is 1.96 bits per heavy atom. The van der Waals surface area contributed by atoms with Crippen molar-refractivity contribution >= 4 is 23.2 Å². The van der Waals surface area contributed by atoms with Crippen molar-refractivity contribution in [3.05, 3.63) is 64.2 Å². The number of nitrogens with one attached hydrogen (secondary N) is 1. The van der Waals surface area contributed by atoms with E-state index >= 15 is 0 Å². The van der Waals surface area contributed by atoms with Crippen molar-refractivity contribution in [2.45, 2.75) is 25.3 Å². The van der Waals surface area contributed by atoms with Crippen LogP contribution >= 0.6 is 11.6 Å². The third-order valence-electron chi connectivity index (χ3n) is 5.38. The third-order valence-corrected chi connectivity index (χ3v) is 5.64. The van der Waals surface area contributed by atoms with Gasteiger partial charge in [0.05, 0.1) is 32.1 Å². The zero-order valence-corrected chi connectivity index (χ0v) is 14.8. The molecule has 2 aromatic rings. The number of hydrogen-bond donors (Lipinski definition) is 1. The van der Waals surface area contributed by atoms with Crippen molar-refractivity contribution in [2.24, 2.45) is 0 Å². The molecule has 1 N–H and O–H groups in total. The highest BCUT2D eigenvalue weighted by molar-refractivity contribution is 6.30. The number of hydrogen-bond acceptors (Lipinski definition) is 1. The molecule has 2 aromatic carbocycles. The lowest BCUT2D eigenvalue weighted by molar-refractivity contribution is -0.886. The number of likely N-dealkylation sites (N-methyl/N-ethyl adjacent to an activating group) is 1. The van der Waals surface area contributed by atoms with Gasteiger partial charge in [0, 0.05) is 22.7 Å². The Bertz CT molecular complexity index is 787. The van der Waals surface area contributed by atoms with Gasteiger partial charge in [0.15, 0.2) is 0 Å². The van der Waals surface area contributed by atoms with Gasteiger partial charge in [-0.05, 0) is 42.8 Å². The molecule has 4 rings (SSSR count). The lowest BCUT2D eigenvalue weighted by atomic mass is 9.88. The number of fused-ring (bicyclic) bond motifs is 3. The molecule has 3 atom stereocenters. The lowest BCUT2D eigenvalue weighted by Gasteiger charge is -2.34. The zero-order chi connectivity index (χ0) is 16.8. The average Bonchev–Trinajstić information content (AvgIpc) is 2.88. The number of anilines is 1. The number of quaternary nitrogens is 1. The fourth-order valence-corrected chi connectivity index (χ4v) is 4.32. The molecule has 1 amide bonds. The Balaban J connectivity index is 1.77. The van der Waals surface area contributed by atoms with Crippen LogP contribution in [0, 0.1) is 6.92 Å². The van der Waals surface area contributed by atoms with E-state index in [9.17, 15) is 4.79 Å². The molecular formula is C20H22ClN2O+. The first-order valence-corrected chi connectivity index (χ1v) is 8.93. The van der Waals surface area contributed by atoms with Crippen molar-refractivity contribution in [1.29, 1.82) is 0 Å². The Kier molecular flexibility index (Phi) is 3.86. The number of benzene rings is 2. The minimum Gasteiger partial charge on any atom is -0.337 e. The van der Waals surface area contributed by atoms with Gasteiger partial charge in [-0.15, -0.1) is 0 Å². The SMILES string of the molecule is Cc1ccc2c(c1)[C@@H]1C[NH+](C)CC[C@@H]1N2C(=O)c1ccc(Cl)cc1. The molecule has 1 fully saturated rings. The predicted octanol–water partition coefficient (Wildman–Crippen LogP) is 2.68. The summed E-state index contributed by atoms with van der Waals surface area (Å²) in [5.41, 5.74) is 4.39. The van der Waals surface area contributed by atoms with Gasteiger partial charge in [-0.25, -0.2) is 0 Å². The molecule has 1 unspecified atom stereocenters. The zero-order valence-electron chi connectivity index (χ0n) is 14.1. The van der Waals surface area contributed by atoms with Crippen LogP contribution in [0.5, 0.6) is 0 Å². The number of carbonyl (C=O) groups excluding carboxylic acids is 1. The molecule has 0 spiro atoms. The van der Waals surface area contributed by atoms with E-state index in [1.165, 1.54) is 11.1 Å². The molecule has 0 radical (unpaired) electrons. The first kappa shape index (κ1) is 15.7. The van der Waals surface area contributed by atoms with E-state index in [-0.39, 0.29) is 11.9 Å². The minimum absolute atomic E-state index is 0.0869. The van der Waals surface area contributed by atoms with Gasteiger partial charge >= 0.3 is 0 Å². The summed E-state index contributed by atoms with van der Waals surface area (Å²) in [5.74, 6) is 0.522. The number of rotatable bonds is 1. The maximum Gasteiger partial charge on any atom is 0.258 e. The molecule has 2 aliphatic heterocycles. The van der Waals surface area contributed by atoms with Crippen LogP contribution in [0.4, 0.5) is 5.69 Å². The minimum atomic E-state index is 0.0869. The molecule has 2 heterocycles. The fourth-order valence-electron chi connectivity index (χ4n) is 4.20. The quantitative estimate of drug-likeness (QED) is 0.847. The van der Waals surface area contributed by atoms with Gasteiger partial charge in [0.2, 0.25) is 0 Å². The number of likely N-dealkylation sites (tertiary alicyclic amines) is 1. The summed E-state index contributed by atoms with van der Waals surface area (Å²) in [6, 6.07) is 14.0. The molecule has 3 nitrogen and oxygen atoms in total. The molecule has 1 saturated heterocycles. The summed E-state index contributed by atoms with van der Waals surface area (Å²) in [4.78, 5) is 16.8. The van der Waals surface area contributed by atoms with Crippen LogP contribution in [0.2, 0.25) is 5.02 Å². The van der Waals surface area contributed by atoms with Crippen molar-refractivity contribution in [3.63, 3.8) is 0 Å². The highest BCUT2D eigenvalue weighted by Crippen LogP contribution is 2.43. The maximum atomic E-state index is 13.2. The van der Waals surface area contributed by atoms with Crippen LogP contribution in [-0.4, -0.2) is 32.1 Å². The smallest absolute Gasteiger partial charge is 0.258 e. The van der Waals surface area contributed by atoms with Gasteiger partial charge in [0.1, 0.15) is 0 Å². The van der Waals surface area contributed by atoms with Gasteiger partial charge in [-0.3, -0.25) is 4.79 Å². The molecule has 24 heavy (non-hydrogen) atoms. The van der Waals surface area contributed by atoms with Crippen molar-refractivity contribution in [2.75, 3.05) is 25.0 Å². The van der Waals surface area contributed by atoms with Gasteiger partial charge in [-0.2, -0.15) is 0 Å². The molecule has 124 valence electrons. The van der Waals surface area contributed by atoms with Crippen LogP contribution in [0.15, 0.2) is 42.5 Å². The van der Waals surface area contributed by atoms with E-state index in [1.807, 2.05) is 17.0 Å². The third kappa shape index (κ3) is 2.52. The average molecular weight is 342 g/mol. The number of carbonyl (C=O) groups is 1. The lowest BCUT2D eigenvalue weighted by Crippen LogP contribution is -3.11. The number of nitrogens with zero attached hydrogens (tertiary/aromatic N) is 1. The van der Waals surface area contributed by atoms with Gasteiger partial charge < -0.3 is 9.80 Å². The molecule has 0 saturated carbocycles. The Hall–Kier alpha value is -1.84. The summed E-state index contributed by atoms with van der Waals surface area (Å²) < 4.78 is 0. The van der Waals surface area contributed by atoms with Crippen LogP contribution in [0.1, 0.15) is 33.8 Å². The number of amides is 1. The number of aryl methyl sites for hydroxylation is 1. The van der Waals surface area contributed by atoms with E-state index in [1.54, 1.807) is 17.0 Å². The summed E-state index contributed by atoms with van der Waals surface area (Å²) in [6.07, 6.45) is 1.05. The van der Waals surface area contributed by atoms with Gasteiger partial charge in [-0.1, -0.05) is 29.3 Å². The van der Waals surface area contributed by atoms with Crippen LogP contribution in [0.3, 0.4) is 0 Å². The van der Waals surface area contributed by atoms with Gasteiger partial charge in [0.25, 0.3) is 5.91 Å². The largest absolute Gasteiger partial charge is 0.337 e. The van der Waals surface area contributed by atoms with Crippen molar-refractivity contribution in [1.82, 2.24) is 0 Å². The van der Waals surface area contributed by atoms with E-state index in [0.717, 1.165) is 25.2 Å². The van der Waals surface area contributed by atoms with Crippen LogP contribution in [-0.2, 0) is 0 Å². The Morgan fingerprint density at radius 3 is 2.71 bits per heavy atom. The van der Waals surface area contributed by atoms with Crippen molar-refractivity contribution in [3.8, 4) is 0 Å². The topological polar surface area (TPSA) is 24.8 Å². The highest BCUT2D eigenvalue weighted by Gasteiger charge is 2.45. The summed E-state index contributed by atoms with van der Waals surface area (Å²) >= 11 is 5.97. The second-order valence-electron chi connectivity index (χ2n) is 7.12. The normalized spacial score (nSPS) is 25.3. The standard InChI is InChI=1S/C20H21ClN2O/c1-13-3-8-18-16(11-13)17-12-22(2)10-9-19(17)23(18)20(24)14-4-6-15(21)7-5-14/h3-8,11,17,19H,9-10,12H2,1-2H3/p+1/t17-,19-/m0/s1. The summed E-state index contributed by atoms with van der Waals surface area (Å²) in [7, 11) is 2.25. The van der Waals surface area contributed by atoms with Crippen LogP contribution in [0.25, 0.3) is 0 Å². The predicted molar refractivity (Wildman–Crippen MR) is 97.2 cm³/mol. The second-order valence-corrected chi connectivity index (χ2v) is 7.55. The maximum absolute atomic E-state index is 13.2.